The molecule has 0 aliphatic heterocycles. The normalized spacial score (nSPS) is 11.0. The van der Waals surface area contributed by atoms with E-state index in [1.165, 1.54) is 23.3 Å². The van der Waals surface area contributed by atoms with Crippen molar-refractivity contribution in [3.63, 3.8) is 0 Å². The minimum atomic E-state index is -0.496. The van der Waals surface area contributed by atoms with Crippen LogP contribution in [0, 0.1) is 12.7 Å². The first kappa shape index (κ1) is 20.6. The molecule has 0 fully saturated rings. The van der Waals surface area contributed by atoms with E-state index in [1.54, 1.807) is 30.2 Å². The molecular weight excluding hydrogens is 467 g/mol. The molecule has 8 heteroatoms. The molecule has 4 rings (SSSR count). The zero-order chi connectivity index (χ0) is 21.1. The van der Waals surface area contributed by atoms with Gasteiger partial charge in [0.2, 0.25) is 5.91 Å². The van der Waals surface area contributed by atoms with E-state index >= 15 is 0 Å². The number of halogens is 2. The summed E-state index contributed by atoms with van der Waals surface area (Å²) in [5.74, 6) is -0.109. The van der Waals surface area contributed by atoms with E-state index in [0.29, 0.717) is 9.63 Å². The second-order valence-corrected chi connectivity index (χ2v) is 8.65. The quantitative estimate of drug-likeness (QED) is 0.363. The van der Waals surface area contributed by atoms with Crippen LogP contribution in [0.25, 0.3) is 11.0 Å². The Hall–Kier alpha value is -2.71. The highest BCUT2D eigenvalue weighted by Gasteiger charge is 2.16. The lowest BCUT2D eigenvalue weighted by Gasteiger charge is -2.10. The van der Waals surface area contributed by atoms with Gasteiger partial charge in [0.1, 0.15) is 12.4 Å². The molecule has 0 aliphatic carbocycles. The van der Waals surface area contributed by atoms with Gasteiger partial charge in [-0.2, -0.15) is 0 Å². The van der Waals surface area contributed by atoms with Crippen LogP contribution in [-0.2, 0) is 17.1 Å². The van der Waals surface area contributed by atoms with Crippen LogP contribution in [0.15, 0.2) is 70.6 Å². The number of thioether (sulfide) groups is 1. The van der Waals surface area contributed by atoms with Crippen molar-refractivity contribution in [3.8, 4) is 0 Å². The predicted molar refractivity (Wildman–Crippen MR) is 121 cm³/mol. The predicted octanol–water partition coefficient (Wildman–Crippen LogP) is 5.57. The SMILES string of the molecule is Cc1cccc(CSc2nc3ccncc3n2CC(=O)Nc2ccc(Br)cc2F)c1. The first-order valence-corrected chi connectivity index (χ1v) is 11.0. The van der Waals surface area contributed by atoms with Gasteiger partial charge in [0.05, 0.1) is 22.9 Å². The highest BCUT2D eigenvalue weighted by Crippen LogP contribution is 2.27. The molecule has 152 valence electrons. The number of aryl methyl sites for hydroxylation is 1. The van der Waals surface area contributed by atoms with Gasteiger partial charge in [0.15, 0.2) is 5.16 Å². The van der Waals surface area contributed by atoms with Gasteiger partial charge in [-0.1, -0.05) is 57.5 Å². The van der Waals surface area contributed by atoms with Gasteiger partial charge in [-0.05, 0) is 36.8 Å². The van der Waals surface area contributed by atoms with Crippen molar-refractivity contribution in [1.82, 2.24) is 14.5 Å². The third-order valence-electron chi connectivity index (χ3n) is 4.47. The van der Waals surface area contributed by atoms with Gasteiger partial charge in [0, 0.05) is 16.4 Å². The van der Waals surface area contributed by atoms with Gasteiger partial charge in [-0.25, -0.2) is 9.37 Å². The molecule has 2 aromatic carbocycles. The topological polar surface area (TPSA) is 59.8 Å². The largest absolute Gasteiger partial charge is 0.322 e. The van der Waals surface area contributed by atoms with Crippen LogP contribution in [0.3, 0.4) is 0 Å². The number of amides is 1. The van der Waals surface area contributed by atoms with Crippen molar-refractivity contribution in [2.45, 2.75) is 24.4 Å². The standard InChI is InChI=1S/C22H18BrFN4OS/c1-14-3-2-4-15(9-14)13-30-22-27-19-7-8-25-11-20(19)28(22)12-21(29)26-18-6-5-16(23)10-17(18)24/h2-11H,12-13H2,1H3,(H,26,29). The Morgan fingerprint density at radius 2 is 2.10 bits per heavy atom. The van der Waals surface area contributed by atoms with Crippen molar-refractivity contribution in [1.29, 1.82) is 0 Å². The highest BCUT2D eigenvalue weighted by molar-refractivity contribution is 9.10. The number of aromatic nitrogens is 3. The molecular formula is C22H18BrFN4OS. The molecule has 30 heavy (non-hydrogen) atoms. The molecule has 1 amide bonds. The first-order chi connectivity index (χ1) is 14.5. The second kappa shape index (κ2) is 8.97. The Bertz CT molecular complexity index is 1230. The third-order valence-corrected chi connectivity index (χ3v) is 6.01. The number of carbonyl (C=O) groups is 1. The van der Waals surface area contributed by atoms with E-state index in [-0.39, 0.29) is 18.1 Å². The Kier molecular flexibility index (Phi) is 6.15. The third kappa shape index (κ3) is 4.71. The van der Waals surface area contributed by atoms with Gasteiger partial charge in [0.25, 0.3) is 0 Å². The zero-order valence-electron chi connectivity index (χ0n) is 16.1. The summed E-state index contributed by atoms with van der Waals surface area (Å²) >= 11 is 4.77. The summed E-state index contributed by atoms with van der Waals surface area (Å²) in [6, 6.07) is 14.6. The van der Waals surface area contributed by atoms with Crippen molar-refractivity contribution in [3.05, 3.63) is 82.3 Å². The number of hydrogen-bond donors (Lipinski definition) is 1. The maximum absolute atomic E-state index is 14.1. The van der Waals surface area contributed by atoms with E-state index in [4.69, 9.17) is 0 Å². The second-order valence-electron chi connectivity index (χ2n) is 6.79. The maximum Gasteiger partial charge on any atom is 0.244 e. The number of pyridine rings is 1. The van der Waals surface area contributed by atoms with Gasteiger partial charge in [-0.15, -0.1) is 0 Å². The fraction of sp³-hybridized carbons (Fsp3) is 0.136. The molecule has 0 radical (unpaired) electrons. The molecule has 0 bridgehead atoms. The Balaban J connectivity index is 1.57. The first-order valence-electron chi connectivity index (χ1n) is 9.23. The van der Waals surface area contributed by atoms with Gasteiger partial charge >= 0.3 is 0 Å². The fourth-order valence-electron chi connectivity index (χ4n) is 3.08. The van der Waals surface area contributed by atoms with Crippen molar-refractivity contribution in [2.24, 2.45) is 0 Å². The van der Waals surface area contributed by atoms with Gasteiger partial charge < -0.3 is 9.88 Å². The number of hydrogen-bond acceptors (Lipinski definition) is 4. The van der Waals surface area contributed by atoms with Crippen molar-refractivity contribution < 1.29 is 9.18 Å². The molecule has 1 N–H and O–H groups in total. The molecule has 0 saturated heterocycles. The van der Waals surface area contributed by atoms with Crippen LogP contribution in [-0.4, -0.2) is 20.4 Å². The highest BCUT2D eigenvalue weighted by atomic mass is 79.9. The number of fused-ring (bicyclic) bond motifs is 1. The average molecular weight is 485 g/mol. The molecule has 2 heterocycles. The molecule has 2 aromatic heterocycles. The van der Waals surface area contributed by atoms with E-state index in [1.807, 2.05) is 16.7 Å². The van der Waals surface area contributed by atoms with E-state index in [0.717, 1.165) is 16.8 Å². The number of nitrogens with zero attached hydrogens (tertiary/aromatic N) is 3. The van der Waals surface area contributed by atoms with E-state index < -0.39 is 5.82 Å². The molecule has 0 saturated carbocycles. The number of anilines is 1. The number of nitrogens with one attached hydrogen (secondary N) is 1. The lowest BCUT2D eigenvalue weighted by Crippen LogP contribution is -2.20. The summed E-state index contributed by atoms with van der Waals surface area (Å²) in [4.78, 5) is 21.5. The van der Waals surface area contributed by atoms with Crippen LogP contribution in [0.2, 0.25) is 0 Å². The smallest absolute Gasteiger partial charge is 0.244 e. The summed E-state index contributed by atoms with van der Waals surface area (Å²) in [5.41, 5.74) is 4.04. The Labute approximate surface area is 185 Å². The fourth-order valence-corrected chi connectivity index (χ4v) is 4.37. The van der Waals surface area contributed by atoms with Gasteiger partial charge in [-0.3, -0.25) is 9.78 Å². The number of imidazole rings is 1. The summed E-state index contributed by atoms with van der Waals surface area (Å²) in [5, 5.41) is 3.35. The lowest BCUT2D eigenvalue weighted by atomic mass is 10.2. The van der Waals surface area contributed by atoms with Crippen LogP contribution >= 0.6 is 27.7 Å². The summed E-state index contributed by atoms with van der Waals surface area (Å²) in [6.07, 6.45) is 3.36. The number of rotatable bonds is 6. The van der Waals surface area contributed by atoms with E-state index in [9.17, 15) is 9.18 Å². The summed E-state index contributed by atoms with van der Waals surface area (Å²) in [6.45, 7) is 2.06. The van der Waals surface area contributed by atoms with Crippen LogP contribution in [0.5, 0.6) is 0 Å². The van der Waals surface area contributed by atoms with Crippen LogP contribution < -0.4 is 5.32 Å². The molecule has 5 nitrogen and oxygen atoms in total. The number of benzene rings is 2. The number of carbonyl (C=O) groups excluding carboxylic acids is 1. The molecule has 0 spiro atoms. The van der Waals surface area contributed by atoms with Crippen molar-refractivity contribution >= 4 is 50.3 Å². The van der Waals surface area contributed by atoms with E-state index in [2.05, 4.69) is 56.3 Å². The minimum Gasteiger partial charge on any atom is -0.322 e. The summed E-state index contributed by atoms with van der Waals surface area (Å²) in [7, 11) is 0. The monoisotopic (exact) mass is 484 g/mol. The maximum atomic E-state index is 14.1. The summed E-state index contributed by atoms with van der Waals surface area (Å²) < 4.78 is 16.5. The Morgan fingerprint density at radius 3 is 2.90 bits per heavy atom. The molecule has 0 aliphatic rings. The molecule has 0 atom stereocenters. The van der Waals surface area contributed by atoms with Crippen LogP contribution in [0.1, 0.15) is 11.1 Å². The Morgan fingerprint density at radius 1 is 1.23 bits per heavy atom. The van der Waals surface area contributed by atoms with Crippen LogP contribution in [0.4, 0.5) is 10.1 Å². The minimum absolute atomic E-state index is 0.00779. The lowest BCUT2D eigenvalue weighted by molar-refractivity contribution is -0.116. The average Bonchev–Trinajstić information content (AvgIpc) is 3.06. The molecule has 0 unspecified atom stereocenters. The van der Waals surface area contributed by atoms with Crippen molar-refractivity contribution in [2.75, 3.05) is 5.32 Å². The zero-order valence-corrected chi connectivity index (χ0v) is 18.5. The molecule has 4 aromatic rings.